The number of hydrogen-bond donors (Lipinski definition) is 1. The Kier molecular flexibility index (Phi) is 3.81. The molecule has 0 radical (unpaired) electrons. The van der Waals surface area contributed by atoms with Crippen molar-refractivity contribution < 1.29 is 17.9 Å². The normalized spacial score (nSPS) is 11.6. The van der Waals surface area contributed by atoms with Crippen LogP contribution in [0, 0.1) is 6.92 Å². The second-order valence-corrected chi connectivity index (χ2v) is 7.24. The van der Waals surface area contributed by atoms with Gasteiger partial charge in [0.1, 0.15) is 0 Å². The molecule has 2 aromatic carbocycles. The molecule has 0 saturated carbocycles. The molecular formula is C17H16N2O4S. The summed E-state index contributed by atoms with van der Waals surface area (Å²) in [4.78, 5) is 12.1. The van der Waals surface area contributed by atoms with Crippen LogP contribution in [0.5, 0.6) is 0 Å². The Hall–Kier alpha value is -2.80. The molecule has 6 nitrogen and oxygen atoms in total. The van der Waals surface area contributed by atoms with Crippen LogP contribution in [0.1, 0.15) is 15.9 Å². The van der Waals surface area contributed by atoms with Gasteiger partial charge in [0.25, 0.3) is 10.0 Å². The minimum Gasteiger partial charge on any atom is -0.465 e. The number of hydrogen-bond acceptors (Lipinski definition) is 5. The lowest BCUT2D eigenvalue weighted by atomic mass is 10.1. The van der Waals surface area contributed by atoms with Gasteiger partial charge in [-0.15, -0.1) is 0 Å². The Morgan fingerprint density at radius 1 is 1.12 bits per heavy atom. The summed E-state index contributed by atoms with van der Waals surface area (Å²) in [6.07, 6.45) is 1.41. The number of nitrogen functional groups attached to an aromatic ring is 1. The van der Waals surface area contributed by atoms with Gasteiger partial charge in [0.2, 0.25) is 0 Å². The highest BCUT2D eigenvalue weighted by atomic mass is 32.2. The Morgan fingerprint density at radius 2 is 1.79 bits per heavy atom. The van der Waals surface area contributed by atoms with E-state index in [9.17, 15) is 13.2 Å². The maximum Gasteiger partial charge on any atom is 0.338 e. The average Bonchev–Trinajstić information content (AvgIpc) is 2.98. The zero-order valence-electron chi connectivity index (χ0n) is 13.2. The van der Waals surface area contributed by atoms with Crippen LogP contribution in [-0.2, 0) is 14.8 Å². The molecule has 124 valence electrons. The molecule has 3 rings (SSSR count). The summed E-state index contributed by atoms with van der Waals surface area (Å²) in [5, 5.41) is 0.465. The van der Waals surface area contributed by atoms with E-state index in [1.165, 1.54) is 25.4 Å². The second kappa shape index (κ2) is 5.68. The van der Waals surface area contributed by atoms with Gasteiger partial charge in [0.05, 0.1) is 23.1 Å². The first-order valence-corrected chi connectivity index (χ1v) is 8.60. The Morgan fingerprint density at radius 3 is 2.42 bits per heavy atom. The van der Waals surface area contributed by atoms with Crippen molar-refractivity contribution in [1.82, 2.24) is 3.97 Å². The van der Waals surface area contributed by atoms with Gasteiger partial charge in [-0.2, -0.15) is 0 Å². The zero-order chi connectivity index (χ0) is 17.5. The maximum atomic E-state index is 12.9. The number of rotatable bonds is 3. The lowest BCUT2D eigenvalue weighted by Crippen LogP contribution is -2.12. The molecule has 0 fully saturated rings. The monoisotopic (exact) mass is 344 g/mol. The molecule has 1 aromatic heterocycles. The van der Waals surface area contributed by atoms with E-state index < -0.39 is 16.0 Å². The van der Waals surface area contributed by atoms with Crippen molar-refractivity contribution >= 4 is 32.6 Å². The molecule has 7 heteroatoms. The Labute approximate surface area is 139 Å². The minimum absolute atomic E-state index is 0.160. The molecule has 0 spiro atoms. The van der Waals surface area contributed by atoms with Crippen molar-refractivity contribution in [2.45, 2.75) is 11.8 Å². The first kappa shape index (κ1) is 16.1. The average molecular weight is 344 g/mol. The number of carbonyl (C=O) groups excluding carboxylic acids is 1. The summed E-state index contributed by atoms with van der Waals surface area (Å²) in [6.45, 7) is 1.88. The highest BCUT2D eigenvalue weighted by Crippen LogP contribution is 2.28. The smallest absolute Gasteiger partial charge is 0.338 e. The molecule has 0 amide bonds. The van der Waals surface area contributed by atoms with Crippen LogP contribution in [0.25, 0.3) is 10.9 Å². The number of benzene rings is 2. The van der Waals surface area contributed by atoms with Crippen LogP contribution in [0.4, 0.5) is 5.69 Å². The van der Waals surface area contributed by atoms with Crippen molar-refractivity contribution in [3.63, 3.8) is 0 Å². The molecule has 0 atom stereocenters. The number of methoxy groups -OCH3 is 1. The van der Waals surface area contributed by atoms with E-state index in [1.807, 2.05) is 6.92 Å². The van der Waals surface area contributed by atoms with Crippen molar-refractivity contribution in [1.29, 1.82) is 0 Å². The highest BCUT2D eigenvalue weighted by Gasteiger charge is 2.21. The molecular weight excluding hydrogens is 328 g/mol. The number of aryl methyl sites for hydroxylation is 1. The minimum atomic E-state index is -3.80. The molecule has 0 aliphatic rings. The standard InChI is InChI=1S/C17H16N2O4S/c1-11-3-5-13(6-4-11)24(21,22)19-8-7-14-15(17(20)23-2)9-12(18)10-16(14)19/h3-10H,18H2,1-2H3. The predicted octanol–water partition coefficient (Wildman–Crippen LogP) is 2.56. The van der Waals surface area contributed by atoms with Crippen LogP contribution < -0.4 is 5.73 Å². The van der Waals surface area contributed by atoms with Gasteiger partial charge in [-0.3, -0.25) is 0 Å². The number of esters is 1. The third kappa shape index (κ3) is 2.52. The van der Waals surface area contributed by atoms with Gasteiger partial charge in [-0.05, 0) is 37.3 Å². The fourth-order valence-corrected chi connectivity index (χ4v) is 3.89. The summed E-state index contributed by atoms with van der Waals surface area (Å²) in [5.41, 5.74) is 7.63. The van der Waals surface area contributed by atoms with Crippen molar-refractivity contribution in [2.75, 3.05) is 12.8 Å². The SMILES string of the molecule is COC(=O)c1cc(N)cc2c1ccn2S(=O)(=O)c1ccc(C)cc1. The number of nitrogens with zero attached hydrogens (tertiary/aromatic N) is 1. The third-order valence-corrected chi connectivity index (χ3v) is 5.48. The fraction of sp³-hybridized carbons (Fsp3) is 0.118. The van der Waals surface area contributed by atoms with E-state index >= 15 is 0 Å². The van der Waals surface area contributed by atoms with Crippen molar-refractivity contribution in [3.8, 4) is 0 Å². The zero-order valence-corrected chi connectivity index (χ0v) is 14.0. The largest absolute Gasteiger partial charge is 0.465 e. The lowest BCUT2D eigenvalue weighted by Gasteiger charge is -2.09. The number of ether oxygens (including phenoxy) is 1. The van der Waals surface area contributed by atoms with Crippen molar-refractivity contribution in [3.05, 3.63) is 59.8 Å². The molecule has 24 heavy (non-hydrogen) atoms. The first-order chi connectivity index (χ1) is 11.3. The molecule has 0 saturated heterocycles. The van der Waals surface area contributed by atoms with Gasteiger partial charge < -0.3 is 10.5 Å². The predicted molar refractivity (Wildman–Crippen MR) is 91.5 cm³/mol. The van der Waals surface area contributed by atoms with E-state index in [-0.39, 0.29) is 16.1 Å². The van der Waals surface area contributed by atoms with Crippen LogP contribution in [0.2, 0.25) is 0 Å². The topological polar surface area (TPSA) is 91.4 Å². The molecule has 3 aromatic rings. The molecule has 0 aliphatic heterocycles. The van der Waals surface area contributed by atoms with Crippen LogP contribution in [0.3, 0.4) is 0 Å². The summed E-state index contributed by atoms with van der Waals surface area (Å²) < 4.78 is 31.6. The summed E-state index contributed by atoms with van der Waals surface area (Å²) >= 11 is 0. The fourth-order valence-electron chi connectivity index (χ4n) is 2.55. The number of anilines is 1. The molecule has 1 heterocycles. The summed E-state index contributed by atoms with van der Waals surface area (Å²) in [5.74, 6) is -0.571. The van der Waals surface area contributed by atoms with Gasteiger partial charge >= 0.3 is 5.97 Å². The second-order valence-electron chi connectivity index (χ2n) is 5.42. The van der Waals surface area contributed by atoms with E-state index in [1.54, 1.807) is 30.3 Å². The van der Waals surface area contributed by atoms with E-state index in [2.05, 4.69) is 0 Å². The maximum absolute atomic E-state index is 12.9. The first-order valence-electron chi connectivity index (χ1n) is 7.16. The van der Waals surface area contributed by atoms with Crippen LogP contribution in [0.15, 0.2) is 53.6 Å². The van der Waals surface area contributed by atoms with Gasteiger partial charge in [-0.25, -0.2) is 17.2 Å². The molecule has 0 unspecified atom stereocenters. The van der Waals surface area contributed by atoms with Gasteiger partial charge in [-0.1, -0.05) is 17.7 Å². The lowest BCUT2D eigenvalue weighted by molar-refractivity contribution is 0.0603. The van der Waals surface area contributed by atoms with Gasteiger partial charge in [0, 0.05) is 17.3 Å². The Balaban J connectivity index is 2.26. The number of aromatic nitrogens is 1. The third-order valence-electron chi connectivity index (χ3n) is 3.78. The van der Waals surface area contributed by atoms with Crippen molar-refractivity contribution in [2.24, 2.45) is 0 Å². The van der Waals surface area contributed by atoms with E-state index in [0.29, 0.717) is 10.9 Å². The molecule has 2 N–H and O–H groups in total. The van der Waals surface area contributed by atoms with E-state index in [0.717, 1.165) is 9.54 Å². The number of fused-ring (bicyclic) bond motifs is 1. The van der Waals surface area contributed by atoms with Gasteiger partial charge in [0.15, 0.2) is 0 Å². The van der Waals surface area contributed by atoms with E-state index in [4.69, 9.17) is 10.5 Å². The Bertz CT molecular complexity index is 1030. The molecule has 0 aliphatic carbocycles. The quantitative estimate of drug-likeness (QED) is 0.582. The summed E-state index contributed by atoms with van der Waals surface area (Å²) in [6, 6.07) is 11.1. The van der Waals surface area contributed by atoms with Crippen LogP contribution in [-0.4, -0.2) is 25.5 Å². The van der Waals surface area contributed by atoms with Crippen LogP contribution >= 0.6 is 0 Å². The number of carbonyl (C=O) groups is 1. The molecule has 0 bridgehead atoms. The summed E-state index contributed by atoms with van der Waals surface area (Å²) in [7, 11) is -2.53. The highest BCUT2D eigenvalue weighted by molar-refractivity contribution is 7.90. The number of nitrogens with two attached hydrogens (primary N) is 1.